The summed E-state index contributed by atoms with van der Waals surface area (Å²) in [6.45, 7) is 14.5. The number of nitrogens with one attached hydrogen (secondary N) is 1. The van der Waals surface area contributed by atoms with Gasteiger partial charge in [0, 0.05) is 89.0 Å². The number of likely N-dealkylation sites (tertiary alicyclic amines) is 2. The van der Waals surface area contributed by atoms with Crippen LogP contribution in [-0.2, 0) is 36.7 Å². The maximum Gasteiger partial charge on any atom is 0.409 e. The monoisotopic (exact) mass is 790 g/mol. The number of para-hydroxylation sites is 1. The first-order valence-corrected chi connectivity index (χ1v) is 20.6. The lowest BCUT2D eigenvalue weighted by Gasteiger charge is -2.43. The van der Waals surface area contributed by atoms with Gasteiger partial charge in [0.15, 0.2) is 0 Å². The summed E-state index contributed by atoms with van der Waals surface area (Å²) in [6.07, 6.45) is 5.03. The fourth-order valence-electron chi connectivity index (χ4n) is 8.53. The van der Waals surface area contributed by atoms with E-state index in [0.717, 1.165) is 80.7 Å². The fourth-order valence-corrected chi connectivity index (χ4v) is 8.53. The number of piperidine rings is 2. The number of esters is 1. The van der Waals surface area contributed by atoms with E-state index in [1.807, 2.05) is 65.8 Å². The number of nitrogens with zero attached hydrogens (tertiary/aromatic N) is 5. The number of carbonyl (C=O) groups is 5. The number of carbonyl (C=O) groups excluding carboxylic acids is 5. The molecule has 4 heterocycles. The Bertz CT molecular complexity index is 1690. The summed E-state index contributed by atoms with van der Waals surface area (Å²) in [5.74, 6) is 0.130. The van der Waals surface area contributed by atoms with E-state index < -0.39 is 0 Å². The molecule has 312 valence electrons. The number of fused-ring (bicyclic) bond motifs is 1. The number of urea groups is 1. The Kier molecular flexibility index (Phi) is 15.6. The van der Waals surface area contributed by atoms with Gasteiger partial charge in [-0.15, -0.1) is 0 Å². The second kappa shape index (κ2) is 20.5. The van der Waals surface area contributed by atoms with Crippen molar-refractivity contribution in [3.63, 3.8) is 0 Å². The average molecular weight is 791 g/mol. The quantitative estimate of drug-likeness (QED) is 0.336. The molecule has 2 N–H and O–H groups in total. The van der Waals surface area contributed by atoms with Gasteiger partial charge in [-0.2, -0.15) is 0 Å². The van der Waals surface area contributed by atoms with Crippen molar-refractivity contribution in [2.45, 2.75) is 91.1 Å². The number of ether oxygens (including phenoxy) is 2. The van der Waals surface area contributed by atoms with Crippen LogP contribution >= 0.6 is 0 Å². The Morgan fingerprint density at radius 2 is 1.44 bits per heavy atom. The third kappa shape index (κ3) is 11.6. The third-order valence-corrected chi connectivity index (χ3v) is 11.8. The lowest BCUT2D eigenvalue weighted by Crippen LogP contribution is -2.55. The van der Waals surface area contributed by atoms with E-state index >= 15 is 0 Å². The highest BCUT2D eigenvalue weighted by Crippen LogP contribution is 2.27. The van der Waals surface area contributed by atoms with Crippen molar-refractivity contribution in [2.75, 3.05) is 77.9 Å². The largest absolute Gasteiger partial charge is 0.507 e. The second-order valence-corrected chi connectivity index (χ2v) is 15.7. The van der Waals surface area contributed by atoms with Crippen LogP contribution in [-0.4, -0.2) is 144 Å². The van der Waals surface area contributed by atoms with Gasteiger partial charge in [-0.05, 0) is 87.6 Å². The highest BCUT2D eigenvalue weighted by atomic mass is 16.5. The predicted molar refractivity (Wildman–Crippen MR) is 217 cm³/mol. The van der Waals surface area contributed by atoms with Crippen LogP contribution in [0.3, 0.4) is 0 Å². The fraction of sp³-hybridized carbons (Fsp3) is 0.605. The summed E-state index contributed by atoms with van der Waals surface area (Å²) in [5.41, 5.74) is 4.85. The van der Waals surface area contributed by atoms with Gasteiger partial charge in [0.2, 0.25) is 11.8 Å². The minimum atomic E-state index is -0.314. The molecule has 0 saturated carbocycles. The van der Waals surface area contributed by atoms with Crippen molar-refractivity contribution in [2.24, 2.45) is 5.92 Å². The van der Waals surface area contributed by atoms with Gasteiger partial charge in [-0.3, -0.25) is 19.3 Å². The molecule has 0 radical (unpaired) electrons. The Labute approximate surface area is 337 Å². The standard InChI is InChI=1S/C27H41N3O5.C16H21N3O3/c1-5-35-25(32)7-6-24(31)29-10-8-23(9-11-29)28-12-14-30(15-13-28)27(34)21(4)18-22-16-19(2)26(33)20(3)17-22;1-22-16(21)18-9-7-13(8-10-18)19-11-6-12-4-2-3-5-14(12)17-15(19)20/h16-17,21,23,33H,5-15,18H2,1-4H3;2-5,13H,6-11H2,1H3,(H,17,20)/t21-;/m1./s1. The van der Waals surface area contributed by atoms with E-state index in [0.29, 0.717) is 57.5 Å². The van der Waals surface area contributed by atoms with Crippen molar-refractivity contribution >= 4 is 35.6 Å². The molecule has 5 amide bonds. The van der Waals surface area contributed by atoms with Crippen LogP contribution in [0.25, 0.3) is 0 Å². The van der Waals surface area contributed by atoms with Crippen molar-refractivity contribution in [3.05, 3.63) is 58.7 Å². The molecule has 4 aliphatic heterocycles. The van der Waals surface area contributed by atoms with Gasteiger partial charge in [0.1, 0.15) is 5.75 Å². The number of aromatic hydroxyl groups is 1. The number of hydrogen-bond acceptors (Lipinski definition) is 9. The summed E-state index contributed by atoms with van der Waals surface area (Å²) in [7, 11) is 1.40. The van der Waals surface area contributed by atoms with Crippen molar-refractivity contribution in [3.8, 4) is 5.75 Å². The highest BCUT2D eigenvalue weighted by molar-refractivity contribution is 5.91. The number of rotatable bonds is 9. The van der Waals surface area contributed by atoms with Crippen molar-refractivity contribution < 1.29 is 38.6 Å². The van der Waals surface area contributed by atoms with Gasteiger partial charge < -0.3 is 39.5 Å². The van der Waals surface area contributed by atoms with Crippen LogP contribution in [0.5, 0.6) is 5.75 Å². The smallest absolute Gasteiger partial charge is 0.409 e. The van der Waals surface area contributed by atoms with Crippen LogP contribution in [0.2, 0.25) is 0 Å². The number of benzene rings is 2. The van der Waals surface area contributed by atoms with Gasteiger partial charge in [-0.25, -0.2) is 9.59 Å². The molecule has 4 aliphatic rings. The highest BCUT2D eigenvalue weighted by Gasteiger charge is 2.33. The number of anilines is 1. The van der Waals surface area contributed by atoms with E-state index in [1.54, 1.807) is 11.8 Å². The molecule has 3 saturated heterocycles. The van der Waals surface area contributed by atoms with Gasteiger partial charge in [0.05, 0.1) is 20.1 Å². The van der Waals surface area contributed by atoms with E-state index in [1.165, 1.54) is 12.7 Å². The number of piperazine rings is 1. The Morgan fingerprint density at radius 1 is 0.825 bits per heavy atom. The SMILES string of the molecule is CCOC(=O)CCC(=O)N1CCC(N2CCN(C(=O)[C@H](C)Cc3cc(C)c(O)c(C)c3)CC2)CC1.COC(=O)N1CCC(N2CCc3ccccc3NC2=O)CC1. The molecule has 0 bridgehead atoms. The van der Waals surface area contributed by atoms with Gasteiger partial charge in [-0.1, -0.05) is 37.3 Å². The molecule has 2 aromatic rings. The van der Waals surface area contributed by atoms with Crippen molar-refractivity contribution in [1.82, 2.24) is 24.5 Å². The third-order valence-electron chi connectivity index (χ3n) is 11.8. The Hall–Kier alpha value is -4.85. The zero-order valence-electron chi connectivity index (χ0n) is 34.5. The molecule has 0 aliphatic carbocycles. The van der Waals surface area contributed by atoms with E-state index in [2.05, 4.69) is 16.3 Å². The predicted octanol–water partition coefficient (Wildman–Crippen LogP) is 4.97. The van der Waals surface area contributed by atoms with E-state index in [9.17, 15) is 29.1 Å². The summed E-state index contributed by atoms with van der Waals surface area (Å²) in [5, 5.41) is 13.0. The molecule has 6 rings (SSSR count). The molecule has 2 aromatic carbocycles. The maximum atomic E-state index is 13.1. The molecular weight excluding hydrogens is 729 g/mol. The zero-order valence-corrected chi connectivity index (χ0v) is 34.5. The minimum absolute atomic E-state index is 0.0277. The number of phenols is 1. The van der Waals surface area contributed by atoms with Crippen molar-refractivity contribution in [1.29, 1.82) is 0 Å². The first kappa shape index (κ1) is 43.3. The number of phenolic OH excluding ortho intramolecular Hbond substituents is 1. The first-order valence-electron chi connectivity index (χ1n) is 20.6. The molecule has 0 unspecified atom stereocenters. The average Bonchev–Trinajstić information content (AvgIpc) is 3.39. The lowest BCUT2D eigenvalue weighted by molar-refractivity contribution is -0.146. The molecule has 3 fully saturated rings. The first-order chi connectivity index (χ1) is 27.4. The molecule has 14 heteroatoms. The molecule has 0 spiro atoms. The molecule has 1 atom stereocenters. The minimum Gasteiger partial charge on any atom is -0.507 e. The summed E-state index contributed by atoms with van der Waals surface area (Å²) < 4.78 is 9.65. The Balaban J connectivity index is 0.000000241. The maximum absolute atomic E-state index is 13.1. The summed E-state index contributed by atoms with van der Waals surface area (Å²) in [4.78, 5) is 70.9. The summed E-state index contributed by atoms with van der Waals surface area (Å²) in [6, 6.07) is 12.4. The van der Waals surface area contributed by atoms with Crippen LogP contribution in [0.15, 0.2) is 36.4 Å². The number of hydrogen-bond donors (Lipinski definition) is 2. The van der Waals surface area contributed by atoms with Gasteiger partial charge >= 0.3 is 18.1 Å². The van der Waals surface area contributed by atoms with Gasteiger partial charge in [0.25, 0.3) is 0 Å². The second-order valence-electron chi connectivity index (χ2n) is 15.7. The number of methoxy groups -OCH3 is 1. The Morgan fingerprint density at radius 3 is 2.07 bits per heavy atom. The van der Waals surface area contributed by atoms with Crippen LogP contribution in [0.4, 0.5) is 15.3 Å². The van der Waals surface area contributed by atoms with Crippen LogP contribution < -0.4 is 5.32 Å². The van der Waals surface area contributed by atoms with Crippen LogP contribution in [0, 0.1) is 19.8 Å². The zero-order chi connectivity index (χ0) is 41.1. The molecule has 0 aromatic heterocycles. The number of aryl methyl sites for hydroxylation is 2. The van der Waals surface area contributed by atoms with Crippen LogP contribution in [0.1, 0.15) is 74.6 Å². The normalized spacial score (nSPS) is 18.7. The molecule has 14 nitrogen and oxygen atoms in total. The number of amides is 5. The lowest BCUT2D eigenvalue weighted by atomic mass is 9.96. The molecule has 57 heavy (non-hydrogen) atoms. The summed E-state index contributed by atoms with van der Waals surface area (Å²) >= 11 is 0. The molecular formula is C43H62N6O8. The van der Waals surface area contributed by atoms with E-state index in [-0.39, 0.29) is 54.7 Å². The van der Waals surface area contributed by atoms with E-state index in [4.69, 9.17) is 9.47 Å². The topological polar surface area (TPSA) is 152 Å².